The van der Waals surface area contributed by atoms with Gasteiger partial charge in [0.2, 0.25) is 11.8 Å². The van der Waals surface area contributed by atoms with Crippen LogP contribution in [0.25, 0.3) is 0 Å². The van der Waals surface area contributed by atoms with Crippen molar-refractivity contribution in [1.29, 1.82) is 0 Å². The number of amides is 2. The van der Waals surface area contributed by atoms with Crippen molar-refractivity contribution in [3.63, 3.8) is 0 Å². The van der Waals surface area contributed by atoms with E-state index in [1.807, 2.05) is 6.92 Å². The van der Waals surface area contributed by atoms with E-state index in [0.29, 0.717) is 37.8 Å². The molecular weight excluding hydrogens is 526 g/mol. The first-order valence-electron chi connectivity index (χ1n) is 10.9. The topological polar surface area (TPSA) is 83.0 Å². The van der Waals surface area contributed by atoms with Crippen molar-refractivity contribution in [2.45, 2.75) is 25.9 Å². The molecule has 1 aromatic rings. The molecule has 0 aromatic heterocycles. The van der Waals surface area contributed by atoms with E-state index in [2.05, 4.69) is 27.8 Å². The minimum absolute atomic E-state index is 0. The number of guanidine groups is 1. The second-order valence-corrected chi connectivity index (χ2v) is 8.44. The van der Waals surface area contributed by atoms with Crippen molar-refractivity contribution in [2.24, 2.45) is 28.7 Å². The minimum Gasteiger partial charge on any atom is -0.489 e. The van der Waals surface area contributed by atoms with Gasteiger partial charge in [-0.3, -0.25) is 19.5 Å². The molecule has 1 heterocycles. The molecule has 1 saturated heterocycles. The van der Waals surface area contributed by atoms with Gasteiger partial charge in [-0.15, -0.1) is 24.0 Å². The molecule has 2 N–H and O–H groups in total. The van der Waals surface area contributed by atoms with Gasteiger partial charge in [-0.25, -0.2) is 4.39 Å². The normalized spacial score (nSPS) is 26.7. The molecule has 2 bridgehead atoms. The molecule has 1 aromatic carbocycles. The van der Waals surface area contributed by atoms with Crippen LogP contribution in [0.4, 0.5) is 4.39 Å². The molecular formula is C23H30FIN4O3. The second-order valence-electron chi connectivity index (χ2n) is 8.44. The Hall–Kier alpha value is -2.17. The molecule has 32 heavy (non-hydrogen) atoms. The Morgan fingerprint density at radius 1 is 1.16 bits per heavy atom. The summed E-state index contributed by atoms with van der Waals surface area (Å²) in [5.74, 6) is 1.16. The number of nitrogens with zero attached hydrogens (tertiary/aromatic N) is 2. The summed E-state index contributed by atoms with van der Waals surface area (Å²) in [6, 6.07) is 5.91. The molecule has 9 heteroatoms. The Balaban J connectivity index is 0.00000289. The molecule has 0 spiro atoms. The van der Waals surface area contributed by atoms with Crippen LogP contribution in [0.5, 0.6) is 5.75 Å². The van der Waals surface area contributed by atoms with E-state index in [4.69, 9.17) is 4.74 Å². The Bertz CT molecular complexity index is 862. The third-order valence-corrected chi connectivity index (χ3v) is 6.34. The van der Waals surface area contributed by atoms with Crippen LogP contribution in [0.15, 0.2) is 41.4 Å². The molecule has 5 atom stereocenters. The largest absolute Gasteiger partial charge is 0.489 e. The lowest BCUT2D eigenvalue weighted by Gasteiger charge is -2.19. The molecule has 174 valence electrons. The van der Waals surface area contributed by atoms with Crippen molar-refractivity contribution in [1.82, 2.24) is 15.5 Å². The predicted molar refractivity (Wildman–Crippen MR) is 130 cm³/mol. The summed E-state index contributed by atoms with van der Waals surface area (Å²) in [6.07, 6.45) is 5.68. The standard InChI is InChI=1S/C23H29FN4O3.HI/c1-14(31-18-8-6-17(24)7-9-18)13-27-23(25-2)26-10-3-11-28-21(29)19-15-4-5-16(12-15)20(19)22(28)30;/h4-9,14-16,19-20H,3,10-13H2,1-2H3,(H2,25,26,27);1H. The zero-order valence-electron chi connectivity index (χ0n) is 18.3. The number of imide groups is 1. The highest BCUT2D eigenvalue weighted by atomic mass is 127. The number of rotatable bonds is 8. The third-order valence-electron chi connectivity index (χ3n) is 6.34. The molecule has 4 rings (SSSR count). The first kappa shape index (κ1) is 24.5. The maximum Gasteiger partial charge on any atom is 0.233 e. The lowest BCUT2D eigenvalue weighted by atomic mass is 9.85. The fraction of sp³-hybridized carbons (Fsp3) is 0.522. The molecule has 5 unspecified atom stereocenters. The van der Waals surface area contributed by atoms with E-state index < -0.39 is 0 Å². The summed E-state index contributed by atoms with van der Waals surface area (Å²) >= 11 is 0. The van der Waals surface area contributed by atoms with E-state index in [0.717, 1.165) is 6.42 Å². The zero-order valence-corrected chi connectivity index (χ0v) is 20.6. The van der Waals surface area contributed by atoms with Gasteiger partial charge in [0.05, 0.1) is 18.4 Å². The number of nitrogens with one attached hydrogen (secondary N) is 2. The summed E-state index contributed by atoms with van der Waals surface area (Å²) in [5.41, 5.74) is 0. The average Bonchev–Trinajstić information content (AvgIpc) is 3.44. The smallest absolute Gasteiger partial charge is 0.233 e. The molecule has 1 saturated carbocycles. The molecule has 0 radical (unpaired) electrons. The minimum atomic E-state index is -0.299. The molecule has 2 aliphatic carbocycles. The predicted octanol–water partition coefficient (Wildman–Crippen LogP) is 2.57. The number of hydrogen-bond donors (Lipinski definition) is 2. The number of allylic oxidation sites excluding steroid dienone is 2. The number of hydrogen-bond acceptors (Lipinski definition) is 4. The fourth-order valence-electron chi connectivity index (χ4n) is 4.88. The average molecular weight is 556 g/mol. The molecule has 3 aliphatic rings. The highest BCUT2D eigenvalue weighted by Gasteiger charge is 2.58. The quantitative estimate of drug-likeness (QED) is 0.129. The van der Waals surface area contributed by atoms with Crippen molar-refractivity contribution in [2.75, 3.05) is 26.7 Å². The lowest BCUT2D eigenvalue weighted by molar-refractivity contribution is -0.140. The second kappa shape index (κ2) is 10.6. The Kier molecular flexibility index (Phi) is 8.13. The summed E-state index contributed by atoms with van der Waals surface area (Å²) < 4.78 is 18.7. The van der Waals surface area contributed by atoms with Gasteiger partial charge in [0.25, 0.3) is 0 Å². The van der Waals surface area contributed by atoms with Gasteiger partial charge in [0, 0.05) is 20.1 Å². The summed E-state index contributed by atoms with van der Waals surface area (Å²) in [7, 11) is 1.68. The molecule has 1 aliphatic heterocycles. The molecule has 2 fully saturated rings. The Morgan fingerprint density at radius 2 is 1.78 bits per heavy atom. The maximum absolute atomic E-state index is 13.0. The number of halogens is 2. The molecule has 2 amide bonds. The summed E-state index contributed by atoms with van der Waals surface area (Å²) in [5, 5.41) is 6.39. The van der Waals surface area contributed by atoms with Crippen LogP contribution >= 0.6 is 24.0 Å². The Labute approximate surface area is 204 Å². The monoisotopic (exact) mass is 556 g/mol. The van der Waals surface area contributed by atoms with Crippen molar-refractivity contribution in [3.05, 3.63) is 42.2 Å². The van der Waals surface area contributed by atoms with Crippen molar-refractivity contribution >= 4 is 41.8 Å². The van der Waals surface area contributed by atoms with Crippen LogP contribution in [0.3, 0.4) is 0 Å². The van der Waals surface area contributed by atoms with Gasteiger partial charge in [0.15, 0.2) is 5.96 Å². The highest BCUT2D eigenvalue weighted by molar-refractivity contribution is 14.0. The number of benzene rings is 1. The van der Waals surface area contributed by atoms with Crippen molar-refractivity contribution < 1.29 is 18.7 Å². The van der Waals surface area contributed by atoms with Crippen LogP contribution in [0.1, 0.15) is 19.8 Å². The number of carbonyl (C=O) groups excluding carboxylic acids is 2. The summed E-state index contributed by atoms with van der Waals surface area (Å²) in [6.45, 7) is 3.44. The van der Waals surface area contributed by atoms with Crippen molar-refractivity contribution in [3.8, 4) is 5.75 Å². The summed E-state index contributed by atoms with van der Waals surface area (Å²) in [4.78, 5) is 31.0. The van der Waals surface area contributed by atoms with Gasteiger partial charge < -0.3 is 15.4 Å². The van der Waals surface area contributed by atoms with E-state index >= 15 is 0 Å². The van der Waals surface area contributed by atoms with Gasteiger partial charge in [-0.05, 0) is 55.9 Å². The lowest BCUT2D eigenvalue weighted by Crippen LogP contribution is -2.43. The number of fused-ring (bicyclic) bond motifs is 5. The van der Waals surface area contributed by atoms with Crippen LogP contribution in [0.2, 0.25) is 0 Å². The van der Waals surface area contributed by atoms with Crippen LogP contribution < -0.4 is 15.4 Å². The van der Waals surface area contributed by atoms with E-state index in [1.54, 1.807) is 19.2 Å². The highest BCUT2D eigenvalue weighted by Crippen LogP contribution is 2.52. The van der Waals surface area contributed by atoms with Crippen LogP contribution in [0, 0.1) is 29.5 Å². The number of carbonyl (C=O) groups is 2. The SMILES string of the molecule is CN=C(NCCCN1C(=O)C2C3C=CC(C3)C2C1=O)NCC(C)Oc1ccc(F)cc1.I. The van der Waals surface area contributed by atoms with Gasteiger partial charge in [-0.1, -0.05) is 12.2 Å². The van der Waals surface area contributed by atoms with E-state index in [1.165, 1.54) is 17.0 Å². The number of ether oxygens (including phenoxy) is 1. The first-order chi connectivity index (χ1) is 15.0. The zero-order chi connectivity index (χ0) is 22.0. The van der Waals surface area contributed by atoms with E-state index in [-0.39, 0.29) is 71.4 Å². The maximum atomic E-state index is 13.0. The number of likely N-dealkylation sites (tertiary alicyclic amines) is 1. The molecule has 7 nitrogen and oxygen atoms in total. The van der Waals surface area contributed by atoms with Gasteiger partial charge in [-0.2, -0.15) is 0 Å². The van der Waals surface area contributed by atoms with Crippen LogP contribution in [-0.4, -0.2) is 55.5 Å². The fourth-order valence-corrected chi connectivity index (χ4v) is 4.88. The Morgan fingerprint density at radius 3 is 2.38 bits per heavy atom. The van der Waals surface area contributed by atoms with Crippen LogP contribution in [-0.2, 0) is 9.59 Å². The van der Waals surface area contributed by atoms with Gasteiger partial charge >= 0.3 is 0 Å². The van der Waals surface area contributed by atoms with Gasteiger partial charge in [0.1, 0.15) is 17.7 Å². The number of aliphatic imine (C=N–C) groups is 1. The van der Waals surface area contributed by atoms with E-state index in [9.17, 15) is 14.0 Å². The third kappa shape index (κ3) is 5.07. The first-order valence-corrected chi connectivity index (χ1v) is 10.9.